The van der Waals surface area contributed by atoms with Crippen LogP contribution in [-0.4, -0.2) is 13.6 Å². The van der Waals surface area contributed by atoms with Crippen LogP contribution in [0.4, 0.5) is 0 Å². The lowest BCUT2D eigenvalue weighted by Gasteiger charge is -2.19. The Morgan fingerprint density at radius 2 is 1.95 bits per heavy atom. The van der Waals surface area contributed by atoms with Crippen LogP contribution in [0.2, 0.25) is 0 Å². The quantitative estimate of drug-likeness (QED) is 0.736. The van der Waals surface area contributed by atoms with E-state index < -0.39 is 0 Å². The standard InChI is InChI=1S/C18H19NO2/c1-19-11-9-17(15-10-12-20-13-15)21-18-8-4-6-14-5-2-3-7-16(14)18/h2-8,10,12-13,17,19H,9,11H2,1H3. The van der Waals surface area contributed by atoms with Crippen molar-refractivity contribution in [3.05, 3.63) is 66.6 Å². The maximum absolute atomic E-state index is 6.27. The molecule has 0 bridgehead atoms. The van der Waals surface area contributed by atoms with Crippen molar-refractivity contribution in [2.24, 2.45) is 0 Å². The number of benzene rings is 2. The second kappa shape index (κ2) is 6.46. The van der Waals surface area contributed by atoms with E-state index in [9.17, 15) is 0 Å². The predicted molar refractivity (Wildman–Crippen MR) is 84.6 cm³/mol. The van der Waals surface area contributed by atoms with Gasteiger partial charge >= 0.3 is 0 Å². The van der Waals surface area contributed by atoms with Crippen LogP contribution in [0, 0.1) is 0 Å². The van der Waals surface area contributed by atoms with Crippen molar-refractivity contribution in [3.8, 4) is 5.75 Å². The molecule has 1 N–H and O–H groups in total. The lowest BCUT2D eigenvalue weighted by atomic mass is 10.1. The lowest BCUT2D eigenvalue weighted by Crippen LogP contribution is -2.16. The number of rotatable bonds is 6. The Bertz CT molecular complexity index is 686. The fourth-order valence-electron chi connectivity index (χ4n) is 2.48. The van der Waals surface area contributed by atoms with Crippen LogP contribution in [0.5, 0.6) is 5.75 Å². The van der Waals surface area contributed by atoms with Gasteiger partial charge < -0.3 is 14.5 Å². The third kappa shape index (κ3) is 3.09. The Kier molecular flexibility index (Phi) is 4.22. The van der Waals surface area contributed by atoms with Gasteiger partial charge in [-0.1, -0.05) is 36.4 Å². The maximum Gasteiger partial charge on any atom is 0.128 e. The summed E-state index contributed by atoms with van der Waals surface area (Å²) in [6.45, 7) is 0.889. The van der Waals surface area contributed by atoms with E-state index in [4.69, 9.17) is 9.15 Å². The molecule has 3 aromatic rings. The van der Waals surface area contributed by atoms with E-state index in [1.165, 1.54) is 5.39 Å². The number of hydrogen-bond acceptors (Lipinski definition) is 3. The maximum atomic E-state index is 6.27. The fraction of sp³-hybridized carbons (Fsp3) is 0.222. The van der Waals surface area contributed by atoms with Crippen molar-refractivity contribution in [1.82, 2.24) is 5.32 Å². The van der Waals surface area contributed by atoms with Crippen LogP contribution < -0.4 is 10.1 Å². The second-order valence-corrected chi connectivity index (χ2v) is 5.03. The van der Waals surface area contributed by atoms with E-state index in [1.807, 2.05) is 37.4 Å². The van der Waals surface area contributed by atoms with Crippen LogP contribution in [0.3, 0.4) is 0 Å². The minimum Gasteiger partial charge on any atom is -0.485 e. The molecule has 0 fully saturated rings. The van der Waals surface area contributed by atoms with Crippen molar-refractivity contribution < 1.29 is 9.15 Å². The van der Waals surface area contributed by atoms with Crippen molar-refractivity contribution in [3.63, 3.8) is 0 Å². The SMILES string of the molecule is CNCCC(Oc1cccc2ccccc12)c1ccoc1. The van der Waals surface area contributed by atoms with Crippen LogP contribution >= 0.6 is 0 Å². The molecule has 0 saturated carbocycles. The second-order valence-electron chi connectivity index (χ2n) is 5.03. The highest BCUT2D eigenvalue weighted by Crippen LogP contribution is 2.31. The van der Waals surface area contributed by atoms with Crippen molar-refractivity contribution in [1.29, 1.82) is 0 Å². The van der Waals surface area contributed by atoms with Gasteiger partial charge in [0, 0.05) is 17.4 Å². The number of furan rings is 1. The molecule has 2 aromatic carbocycles. The minimum absolute atomic E-state index is 0.0120. The molecule has 1 unspecified atom stereocenters. The summed E-state index contributed by atoms with van der Waals surface area (Å²) in [7, 11) is 1.95. The molecule has 0 saturated heterocycles. The van der Waals surface area contributed by atoms with Crippen LogP contribution in [0.15, 0.2) is 65.5 Å². The average molecular weight is 281 g/mol. The minimum atomic E-state index is -0.0120. The highest BCUT2D eigenvalue weighted by atomic mass is 16.5. The van der Waals surface area contributed by atoms with Gasteiger partial charge in [0.2, 0.25) is 0 Å². The summed E-state index contributed by atoms with van der Waals surface area (Å²) in [5, 5.41) is 5.50. The number of nitrogens with one attached hydrogen (secondary N) is 1. The Morgan fingerprint density at radius 1 is 1.10 bits per heavy atom. The molecule has 0 amide bonds. The van der Waals surface area contributed by atoms with Gasteiger partial charge in [0.1, 0.15) is 11.9 Å². The first-order chi connectivity index (χ1) is 10.4. The molecule has 21 heavy (non-hydrogen) atoms. The predicted octanol–water partition coefficient (Wildman–Crippen LogP) is 4.16. The van der Waals surface area contributed by atoms with Gasteiger partial charge in [0.15, 0.2) is 0 Å². The summed E-state index contributed by atoms with van der Waals surface area (Å²) in [6, 6.07) is 16.4. The Labute approximate surface area is 124 Å². The van der Waals surface area contributed by atoms with Crippen LogP contribution in [0.25, 0.3) is 10.8 Å². The summed E-state index contributed by atoms with van der Waals surface area (Å²) < 4.78 is 11.5. The Hall–Kier alpha value is -2.26. The normalized spacial score (nSPS) is 12.4. The number of hydrogen-bond donors (Lipinski definition) is 1. The summed E-state index contributed by atoms with van der Waals surface area (Å²) >= 11 is 0. The largest absolute Gasteiger partial charge is 0.485 e. The van der Waals surface area contributed by atoms with Gasteiger partial charge in [-0.3, -0.25) is 0 Å². The van der Waals surface area contributed by atoms with Gasteiger partial charge in [0.05, 0.1) is 12.5 Å². The smallest absolute Gasteiger partial charge is 0.128 e. The van der Waals surface area contributed by atoms with E-state index in [1.54, 1.807) is 12.5 Å². The van der Waals surface area contributed by atoms with Gasteiger partial charge in [0.25, 0.3) is 0 Å². The zero-order valence-electron chi connectivity index (χ0n) is 12.1. The molecule has 1 heterocycles. The summed E-state index contributed by atoms with van der Waals surface area (Å²) in [6.07, 6.45) is 4.32. The van der Waals surface area contributed by atoms with Gasteiger partial charge in [-0.2, -0.15) is 0 Å². The molecule has 1 aromatic heterocycles. The molecule has 0 radical (unpaired) electrons. The molecular weight excluding hydrogens is 262 g/mol. The molecule has 0 aliphatic rings. The first-order valence-electron chi connectivity index (χ1n) is 7.19. The topological polar surface area (TPSA) is 34.4 Å². The van der Waals surface area contributed by atoms with E-state index in [2.05, 4.69) is 23.5 Å². The molecule has 1 atom stereocenters. The van der Waals surface area contributed by atoms with Gasteiger partial charge in [-0.05, 0) is 31.1 Å². The first kappa shape index (κ1) is 13.7. The van der Waals surface area contributed by atoms with Crippen LogP contribution in [-0.2, 0) is 0 Å². The van der Waals surface area contributed by atoms with Crippen molar-refractivity contribution in [2.75, 3.05) is 13.6 Å². The van der Waals surface area contributed by atoms with E-state index in [0.717, 1.165) is 29.7 Å². The monoisotopic (exact) mass is 281 g/mol. The van der Waals surface area contributed by atoms with E-state index >= 15 is 0 Å². The summed E-state index contributed by atoms with van der Waals surface area (Å²) in [5.41, 5.74) is 1.07. The van der Waals surface area contributed by atoms with E-state index in [0.29, 0.717) is 0 Å². The molecule has 0 spiro atoms. The van der Waals surface area contributed by atoms with Gasteiger partial charge in [-0.25, -0.2) is 0 Å². The first-order valence-corrected chi connectivity index (χ1v) is 7.19. The molecule has 3 rings (SSSR count). The number of ether oxygens (including phenoxy) is 1. The molecule has 108 valence electrons. The van der Waals surface area contributed by atoms with Crippen molar-refractivity contribution >= 4 is 10.8 Å². The third-order valence-corrected chi connectivity index (χ3v) is 3.59. The van der Waals surface area contributed by atoms with Crippen molar-refractivity contribution in [2.45, 2.75) is 12.5 Å². The Morgan fingerprint density at radius 3 is 2.76 bits per heavy atom. The molecular formula is C18H19NO2. The third-order valence-electron chi connectivity index (χ3n) is 3.59. The summed E-state index contributed by atoms with van der Waals surface area (Å²) in [5.74, 6) is 0.912. The molecule has 3 heteroatoms. The lowest BCUT2D eigenvalue weighted by molar-refractivity contribution is 0.196. The highest BCUT2D eigenvalue weighted by Gasteiger charge is 2.15. The summed E-state index contributed by atoms with van der Waals surface area (Å²) in [4.78, 5) is 0. The molecule has 0 aliphatic carbocycles. The zero-order chi connectivity index (χ0) is 14.5. The van der Waals surface area contributed by atoms with Gasteiger partial charge in [-0.15, -0.1) is 0 Å². The number of fused-ring (bicyclic) bond motifs is 1. The average Bonchev–Trinajstić information content (AvgIpc) is 3.06. The molecule has 3 nitrogen and oxygen atoms in total. The fourth-order valence-corrected chi connectivity index (χ4v) is 2.48. The van der Waals surface area contributed by atoms with E-state index in [-0.39, 0.29) is 6.10 Å². The van der Waals surface area contributed by atoms with Crippen LogP contribution in [0.1, 0.15) is 18.1 Å². The molecule has 0 aliphatic heterocycles. The zero-order valence-corrected chi connectivity index (χ0v) is 12.1. The highest BCUT2D eigenvalue weighted by molar-refractivity contribution is 5.88. The Balaban J connectivity index is 1.90.